The van der Waals surface area contributed by atoms with E-state index in [2.05, 4.69) is 50.4 Å². The van der Waals surface area contributed by atoms with Crippen LogP contribution in [-0.2, 0) is 0 Å². The first kappa shape index (κ1) is 13.4. The van der Waals surface area contributed by atoms with E-state index >= 15 is 0 Å². The van der Waals surface area contributed by atoms with Crippen molar-refractivity contribution in [2.75, 3.05) is 0 Å². The van der Waals surface area contributed by atoms with Crippen LogP contribution in [0.4, 0.5) is 0 Å². The highest BCUT2D eigenvalue weighted by Gasteiger charge is 2.22. The summed E-state index contributed by atoms with van der Waals surface area (Å²) in [5.41, 5.74) is 6.17. The molecular weight excluding hydrogens is 228 g/mol. The molecule has 0 heterocycles. The maximum absolute atomic E-state index is 4.21. The Morgan fingerprint density at radius 3 is 2.42 bits per heavy atom. The summed E-state index contributed by atoms with van der Waals surface area (Å²) in [7, 11) is 0. The number of aryl methyl sites for hydroxylation is 1. The molecule has 0 aliphatic heterocycles. The molecule has 2 aromatic rings. The van der Waals surface area contributed by atoms with Gasteiger partial charge in [-0.15, -0.1) is 0 Å². The van der Waals surface area contributed by atoms with Crippen molar-refractivity contribution in [3.63, 3.8) is 0 Å². The maximum atomic E-state index is 4.21. The second-order valence-corrected chi connectivity index (χ2v) is 4.45. The molecule has 0 unspecified atom stereocenters. The molecular formula is C19H20. The van der Waals surface area contributed by atoms with E-state index < -0.39 is 0 Å². The molecule has 0 N–H and O–H groups in total. The zero-order valence-corrected chi connectivity index (χ0v) is 12.0. The Hall–Kier alpha value is -2.08. The molecule has 96 valence electrons. The molecule has 0 saturated carbocycles. The van der Waals surface area contributed by atoms with Crippen LogP contribution in [0.3, 0.4) is 0 Å². The molecule has 0 amide bonds. The van der Waals surface area contributed by atoms with Gasteiger partial charge in [-0.25, -0.2) is 0 Å². The third-order valence-electron chi connectivity index (χ3n) is 3.48. The first-order valence-electron chi connectivity index (χ1n) is 6.79. The molecule has 0 radical (unpaired) electrons. The molecule has 0 nitrogen and oxygen atoms in total. The summed E-state index contributed by atoms with van der Waals surface area (Å²) < 4.78 is 0. The minimum Gasteiger partial charge on any atom is -0.0990 e. The highest BCUT2D eigenvalue weighted by Crippen LogP contribution is 2.45. The smallest absolute Gasteiger partial charge is 0.00239 e. The van der Waals surface area contributed by atoms with Crippen LogP contribution in [0, 0.1) is 6.92 Å². The molecule has 0 saturated heterocycles. The van der Waals surface area contributed by atoms with Crippen LogP contribution in [0.1, 0.15) is 30.5 Å². The van der Waals surface area contributed by atoms with E-state index in [9.17, 15) is 0 Å². The van der Waals surface area contributed by atoms with Crippen molar-refractivity contribution in [1.82, 2.24) is 0 Å². The van der Waals surface area contributed by atoms with Crippen molar-refractivity contribution < 1.29 is 0 Å². The minimum absolute atomic E-state index is 1.11. The van der Waals surface area contributed by atoms with Gasteiger partial charge in [-0.1, -0.05) is 69.5 Å². The molecule has 19 heavy (non-hydrogen) atoms. The molecule has 0 fully saturated rings. The van der Waals surface area contributed by atoms with Crippen LogP contribution in [0.2, 0.25) is 0 Å². The van der Waals surface area contributed by atoms with E-state index in [0.717, 1.165) is 5.57 Å². The maximum Gasteiger partial charge on any atom is -0.00239 e. The molecule has 0 bridgehead atoms. The zero-order valence-electron chi connectivity index (χ0n) is 12.0. The van der Waals surface area contributed by atoms with Crippen molar-refractivity contribution in [3.8, 4) is 0 Å². The second-order valence-electron chi connectivity index (χ2n) is 4.45. The number of allylic oxidation sites excluding steroid dienone is 4. The van der Waals surface area contributed by atoms with Crippen molar-refractivity contribution in [3.05, 3.63) is 72.3 Å². The third kappa shape index (κ3) is 1.94. The molecule has 0 atom stereocenters. The normalized spacial score (nSPS) is 14.5. The van der Waals surface area contributed by atoms with Gasteiger partial charge >= 0.3 is 0 Å². The molecule has 0 aromatic heterocycles. The van der Waals surface area contributed by atoms with Crippen molar-refractivity contribution in [2.45, 2.75) is 20.8 Å². The third-order valence-corrected chi connectivity index (χ3v) is 3.48. The molecule has 1 aliphatic carbocycles. The van der Waals surface area contributed by atoms with Crippen LogP contribution in [-0.4, -0.2) is 0 Å². The van der Waals surface area contributed by atoms with Crippen LogP contribution in [0.25, 0.3) is 21.9 Å². The standard InChI is InChI=1S/C17H14.C2H6/c1-4-6-14-12(3)15-10-9-11(2)13-7-5-8-16(14)17(13)15;1-2/h4-10H,1,3H2,2H3;1-2H3/b14-6+;. The van der Waals surface area contributed by atoms with Gasteiger partial charge in [-0.2, -0.15) is 0 Å². The summed E-state index contributed by atoms with van der Waals surface area (Å²) in [5.74, 6) is 0. The fourth-order valence-corrected chi connectivity index (χ4v) is 2.64. The van der Waals surface area contributed by atoms with Crippen LogP contribution in [0.15, 0.2) is 55.6 Å². The molecule has 0 spiro atoms. The van der Waals surface area contributed by atoms with Gasteiger partial charge in [-0.3, -0.25) is 0 Å². The summed E-state index contributed by atoms with van der Waals surface area (Å²) >= 11 is 0. The molecule has 0 heteroatoms. The Bertz CT molecular complexity index is 684. The molecule has 2 aromatic carbocycles. The first-order chi connectivity index (χ1) is 9.24. The van der Waals surface area contributed by atoms with E-state index in [4.69, 9.17) is 0 Å². The number of benzene rings is 2. The minimum atomic E-state index is 1.11. The fourth-order valence-electron chi connectivity index (χ4n) is 2.64. The number of rotatable bonds is 1. The van der Waals surface area contributed by atoms with Crippen molar-refractivity contribution in [1.29, 1.82) is 0 Å². The van der Waals surface area contributed by atoms with Gasteiger partial charge in [0.1, 0.15) is 0 Å². The number of hydrogen-bond donors (Lipinski definition) is 0. The number of hydrogen-bond acceptors (Lipinski definition) is 0. The van der Waals surface area contributed by atoms with Gasteiger partial charge in [0, 0.05) is 0 Å². The Morgan fingerprint density at radius 2 is 1.74 bits per heavy atom. The summed E-state index contributed by atoms with van der Waals surface area (Å²) in [4.78, 5) is 0. The monoisotopic (exact) mass is 248 g/mol. The lowest BCUT2D eigenvalue weighted by molar-refractivity contribution is 1.50. The summed E-state index contributed by atoms with van der Waals surface area (Å²) in [6, 6.07) is 10.8. The van der Waals surface area contributed by atoms with Crippen molar-refractivity contribution in [2.24, 2.45) is 0 Å². The van der Waals surface area contributed by atoms with Gasteiger partial charge in [0.15, 0.2) is 0 Å². The van der Waals surface area contributed by atoms with E-state index in [-0.39, 0.29) is 0 Å². The summed E-state index contributed by atoms with van der Waals surface area (Å²) in [5, 5.41) is 2.67. The average molecular weight is 248 g/mol. The second kappa shape index (κ2) is 5.27. The van der Waals surface area contributed by atoms with Gasteiger partial charge in [0.2, 0.25) is 0 Å². The van der Waals surface area contributed by atoms with Crippen LogP contribution < -0.4 is 0 Å². The zero-order chi connectivity index (χ0) is 14.0. The first-order valence-corrected chi connectivity index (χ1v) is 6.79. The Labute approximate surface area is 115 Å². The van der Waals surface area contributed by atoms with Gasteiger partial charge < -0.3 is 0 Å². The van der Waals surface area contributed by atoms with Crippen LogP contribution in [0.5, 0.6) is 0 Å². The van der Waals surface area contributed by atoms with Crippen LogP contribution >= 0.6 is 0 Å². The van der Waals surface area contributed by atoms with Crippen molar-refractivity contribution >= 4 is 21.9 Å². The average Bonchev–Trinajstić information content (AvgIpc) is 2.72. The largest absolute Gasteiger partial charge is 0.0990 e. The lowest BCUT2D eigenvalue weighted by Crippen LogP contribution is -1.81. The lowest BCUT2D eigenvalue weighted by Gasteiger charge is -2.03. The molecule has 1 aliphatic rings. The molecule has 3 rings (SSSR count). The Morgan fingerprint density at radius 1 is 1.00 bits per heavy atom. The predicted octanol–water partition coefficient (Wildman–Crippen LogP) is 5.77. The summed E-state index contributed by atoms with van der Waals surface area (Å²) in [6.45, 7) is 14.1. The highest BCUT2D eigenvalue weighted by atomic mass is 14.2. The van der Waals surface area contributed by atoms with E-state index in [0.29, 0.717) is 0 Å². The Kier molecular flexibility index (Phi) is 3.71. The Balaban J connectivity index is 0.000000637. The van der Waals surface area contributed by atoms with Gasteiger partial charge in [0.05, 0.1) is 0 Å². The lowest BCUT2D eigenvalue weighted by atomic mass is 10.0. The van der Waals surface area contributed by atoms with E-state index in [1.807, 2.05) is 26.0 Å². The topological polar surface area (TPSA) is 0 Å². The quantitative estimate of drug-likeness (QED) is 0.601. The SMILES string of the molecule is C=C/C=C1\C(=C)c2ccc(C)c3cccc1c23.CC. The van der Waals surface area contributed by atoms with E-state index in [1.54, 1.807) is 0 Å². The highest BCUT2D eigenvalue weighted by molar-refractivity contribution is 6.22. The van der Waals surface area contributed by atoms with Gasteiger partial charge in [0.25, 0.3) is 0 Å². The van der Waals surface area contributed by atoms with E-state index in [1.165, 1.54) is 33.0 Å². The summed E-state index contributed by atoms with van der Waals surface area (Å²) in [6.07, 6.45) is 3.88. The van der Waals surface area contributed by atoms with Gasteiger partial charge in [-0.05, 0) is 45.5 Å². The fraction of sp³-hybridized carbons (Fsp3) is 0.158. The predicted molar refractivity (Wildman–Crippen MR) is 87.2 cm³/mol.